The van der Waals surface area contributed by atoms with Crippen LogP contribution in [0.1, 0.15) is 24.5 Å². The van der Waals surface area contributed by atoms with Crippen molar-refractivity contribution in [2.45, 2.75) is 25.2 Å². The Bertz CT molecular complexity index is 434. The van der Waals surface area contributed by atoms with Gasteiger partial charge in [0.2, 0.25) is 0 Å². The number of nitrogens with zero attached hydrogens (tertiary/aromatic N) is 1. The monoisotopic (exact) mass is 297 g/mol. The van der Waals surface area contributed by atoms with Gasteiger partial charge in [0.05, 0.1) is 0 Å². The molecule has 1 aliphatic carbocycles. The highest BCUT2D eigenvalue weighted by Gasteiger charge is 2.41. The van der Waals surface area contributed by atoms with E-state index < -0.39 is 0 Å². The predicted molar refractivity (Wildman–Crippen MR) is 75.1 cm³/mol. The van der Waals surface area contributed by atoms with Gasteiger partial charge in [0.1, 0.15) is 5.75 Å². The third kappa shape index (κ3) is 2.11. The molecule has 2 nitrogen and oxygen atoms in total. The Morgan fingerprint density at radius 2 is 2.18 bits per heavy atom. The smallest absolute Gasteiger partial charge is 0.115 e. The van der Waals surface area contributed by atoms with E-state index in [1.54, 1.807) is 0 Å². The molecule has 3 heteroatoms. The van der Waals surface area contributed by atoms with Crippen LogP contribution < -0.4 is 0 Å². The number of likely N-dealkylation sites (N-methyl/N-ethyl adjacent to an activating group) is 1. The number of benzene rings is 1. The lowest BCUT2D eigenvalue weighted by atomic mass is 9.64. The van der Waals surface area contributed by atoms with Crippen LogP contribution >= 0.6 is 17.0 Å². The van der Waals surface area contributed by atoms with Gasteiger partial charge >= 0.3 is 0 Å². The Labute approximate surface area is 113 Å². The number of piperidine rings is 1. The third-order valence-corrected chi connectivity index (χ3v) is 4.18. The Morgan fingerprint density at radius 1 is 1.41 bits per heavy atom. The molecule has 2 aliphatic rings. The summed E-state index contributed by atoms with van der Waals surface area (Å²) in [5, 5.41) is 9.65. The Balaban J connectivity index is 0.00000108. The molecule has 1 aliphatic heterocycles. The second kappa shape index (κ2) is 4.29. The molecular formula is C14H20BrNO. The van der Waals surface area contributed by atoms with Crippen molar-refractivity contribution in [3.05, 3.63) is 29.3 Å². The number of aromatic hydroxyl groups is 1. The molecule has 3 rings (SSSR count). The number of phenolic OH excluding ortho intramolecular Hbond substituents is 1. The molecule has 1 saturated heterocycles. The maximum Gasteiger partial charge on any atom is 0.115 e. The van der Waals surface area contributed by atoms with E-state index in [4.69, 9.17) is 0 Å². The molecule has 2 atom stereocenters. The molecule has 2 unspecified atom stereocenters. The first-order chi connectivity index (χ1) is 7.57. The molecule has 94 valence electrons. The van der Waals surface area contributed by atoms with Crippen LogP contribution in [-0.4, -0.2) is 30.1 Å². The van der Waals surface area contributed by atoms with Gasteiger partial charge in [-0.3, -0.25) is 0 Å². The summed E-state index contributed by atoms with van der Waals surface area (Å²) >= 11 is 0. The number of likely N-dealkylation sites (tertiary alicyclic amines) is 1. The molecule has 0 amide bonds. The molecule has 0 saturated carbocycles. The van der Waals surface area contributed by atoms with Gasteiger partial charge in [-0.2, -0.15) is 0 Å². The maximum absolute atomic E-state index is 9.65. The highest BCUT2D eigenvalue weighted by Crippen LogP contribution is 2.44. The summed E-state index contributed by atoms with van der Waals surface area (Å²) in [6.45, 7) is 4.67. The van der Waals surface area contributed by atoms with E-state index in [1.165, 1.54) is 30.5 Å². The quantitative estimate of drug-likeness (QED) is 0.796. The number of hydrogen-bond acceptors (Lipinski definition) is 2. The molecule has 17 heavy (non-hydrogen) atoms. The van der Waals surface area contributed by atoms with Crippen molar-refractivity contribution in [2.24, 2.45) is 5.92 Å². The number of halogens is 1. The second-order valence-corrected chi connectivity index (χ2v) is 5.87. The van der Waals surface area contributed by atoms with Gasteiger partial charge in [-0.1, -0.05) is 13.0 Å². The SMILES string of the molecule is Br.CN1CC2Cc3ccc(O)cc3C(C)(C2)C1. The van der Waals surface area contributed by atoms with E-state index in [2.05, 4.69) is 24.9 Å². The van der Waals surface area contributed by atoms with Crippen molar-refractivity contribution in [1.82, 2.24) is 4.90 Å². The van der Waals surface area contributed by atoms with E-state index in [9.17, 15) is 5.11 Å². The van der Waals surface area contributed by atoms with Gasteiger partial charge in [-0.25, -0.2) is 0 Å². The number of fused-ring (bicyclic) bond motifs is 4. The molecule has 1 N–H and O–H groups in total. The van der Waals surface area contributed by atoms with Crippen LogP contribution in [0.2, 0.25) is 0 Å². The van der Waals surface area contributed by atoms with E-state index in [1.807, 2.05) is 12.1 Å². The van der Waals surface area contributed by atoms with Crippen molar-refractivity contribution >= 4 is 17.0 Å². The molecule has 2 bridgehead atoms. The van der Waals surface area contributed by atoms with E-state index in [0.29, 0.717) is 5.75 Å². The molecule has 0 spiro atoms. The van der Waals surface area contributed by atoms with Gasteiger partial charge in [-0.15, -0.1) is 17.0 Å². The van der Waals surface area contributed by atoms with Crippen LogP contribution in [0.5, 0.6) is 5.75 Å². The van der Waals surface area contributed by atoms with Crippen LogP contribution in [0.15, 0.2) is 18.2 Å². The summed E-state index contributed by atoms with van der Waals surface area (Å²) in [5.41, 5.74) is 3.06. The van der Waals surface area contributed by atoms with Gasteiger partial charge in [-0.05, 0) is 49.1 Å². The lowest BCUT2D eigenvalue weighted by Crippen LogP contribution is -2.50. The lowest BCUT2D eigenvalue weighted by Gasteiger charge is -2.48. The van der Waals surface area contributed by atoms with Crippen LogP contribution in [0.3, 0.4) is 0 Å². The van der Waals surface area contributed by atoms with E-state index in [0.717, 1.165) is 12.5 Å². The molecule has 1 aromatic rings. The molecule has 0 radical (unpaired) electrons. The normalized spacial score (nSPS) is 31.5. The first-order valence-corrected chi connectivity index (χ1v) is 6.08. The topological polar surface area (TPSA) is 23.5 Å². The second-order valence-electron chi connectivity index (χ2n) is 5.87. The largest absolute Gasteiger partial charge is 0.508 e. The molecule has 1 aromatic carbocycles. The minimum Gasteiger partial charge on any atom is -0.508 e. The zero-order valence-electron chi connectivity index (χ0n) is 10.4. The fourth-order valence-electron chi connectivity index (χ4n) is 3.81. The highest BCUT2D eigenvalue weighted by atomic mass is 79.9. The van der Waals surface area contributed by atoms with Crippen molar-refractivity contribution in [1.29, 1.82) is 0 Å². The number of hydrogen-bond donors (Lipinski definition) is 1. The number of phenols is 1. The minimum absolute atomic E-state index is 0. The van der Waals surface area contributed by atoms with Crippen molar-refractivity contribution < 1.29 is 5.11 Å². The summed E-state index contributed by atoms with van der Waals surface area (Å²) in [6.07, 6.45) is 2.45. The van der Waals surface area contributed by atoms with Crippen LogP contribution in [0.25, 0.3) is 0 Å². The van der Waals surface area contributed by atoms with E-state index >= 15 is 0 Å². The lowest BCUT2D eigenvalue weighted by molar-refractivity contribution is 0.120. The van der Waals surface area contributed by atoms with Gasteiger partial charge in [0, 0.05) is 18.5 Å². The van der Waals surface area contributed by atoms with Gasteiger partial charge in [0.15, 0.2) is 0 Å². The standard InChI is InChI=1S/C14H19NO.BrH/c1-14-7-10(8-15(2)9-14)5-11-3-4-12(16)6-13(11)14;/h3-4,6,10,16H,5,7-9H2,1-2H3;1H. The van der Waals surface area contributed by atoms with Crippen LogP contribution in [0, 0.1) is 5.92 Å². The van der Waals surface area contributed by atoms with Gasteiger partial charge in [0.25, 0.3) is 0 Å². The fraction of sp³-hybridized carbons (Fsp3) is 0.571. The zero-order valence-corrected chi connectivity index (χ0v) is 12.2. The minimum atomic E-state index is 0. The van der Waals surface area contributed by atoms with Crippen molar-refractivity contribution in [3.8, 4) is 5.75 Å². The average molecular weight is 298 g/mol. The van der Waals surface area contributed by atoms with Crippen LogP contribution in [-0.2, 0) is 11.8 Å². The van der Waals surface area contributed by atoms with E-state index in [-0.39, 0.29) is 22.4 Å². The summed E-state index contributed by atoms with van der Waals surface area (Å²) in [5.74, 6) is 1.20. The average Bonchev–Trinajstić information content (AvgIpc) is 2.18. The predicted octanol–water partition coefficient (Wildman–Crippen LogP) is 2.74. The molecule has 1 fully saturated rings. The van der Waals surface area contributed by atoms with Crippen molar-refractivity contribution in [3.63, 3.8) is 0 Å². The maximum atomic E-state index is 9.65. The van der Waals surface area contributed by atoms with Gasteiger partial charge < -0.3 is 10.0 Å². The summed E-state index contributed by atoms with van der Waals surface area (Å²) in [4.78, 5) is 2.43. The Morgan fingerprint density at radius 3 is 2.94 bits per heavy atom. The highest BCUT2D eigenvalue weighted by molar-refractivity contribution is 8.93. The molecule has 1 heterocycles. The Kier molecular flexibility index (Phi) is 3.25. The zero-order chi connectivity index (χ0) is 11.3. The van der Waals surface area contributed by atoms with Crippen molar-refractivity contribution in [2.75, 3.05) is 20.1 Å². The summed E-state index contributed by atoms with van der Waals surface area (Å²) in [6, 6.07) is 5.91. The fourth-order valence-corrected chi connectivity index (χ4v) is 3.81. The summed E-state index contributed by atoms with van der Waals surface area (Å²) in [7, 11) is 2.21. The first-order valence-electron chi connectivity index (χ1n) is 6.08. The molecule has 0 aromatic heterocycles. The number of rotatable bonds is 0. The third-order valence-electron chi connectivity index (χ3n) is 4.18. The summed E-state index contributed by atoms with van der Waals surface area (Å²) < 4.78 is 0. The molecular weight excluding hydrogens is 278 g/mol. The van der Waals surface area contributed by atoms with Crippen LogP contribution in [0.4, 0.5) is 0 Å². The first kappa shape index (κ1) is 12.9. The Hall–Kier alpha value is -0.540.